The quantitative estimate of drug-likeness (QED) is 0.902. The van der Waals surface area contributed by atoms with Crippen molar-refractivity contribution >= 4 is 21.9 Å². The Morgan fingerprint density at radius 3 is 2.64 bits per heavy atom. The third-order valence-corrected chi connectivity index (χ3v) is 3.07. The van der Waals surface area contributed by atoms with Crippen LogP contribution in [-0.4, -0.2) is 11.1 Å². The van der Waals surface area contributed by atoms with E-state index in [-0.39, 0.29) is 0 Å². The molecule has 3 heteroatoms. The van der Waals surface area contributed by atoms with E-state index in [0.717, 1.165) is 16.5 Å². The molecule has 0 aliphatic rings. The van der Waals surface area contributed by atoms with Gasteiger partial charge in [-0.25, -0.2) is 0 Å². The van der Waals surface area contributed by atoms with Crippen LogP contribution in [0.3, 0.4) is 0 Å². The van der Waals surface area contributed by atoms with Crippen molar-refractivity contribution in [1.29, 1.82) is 0 Å². The van der Waals surface area contributed by atoms with Crippen molar-refractivity contribution in [3.05, 3.63) is 33.8 Å². The fourth-order valence-corrected chi connectivity index (χ4v) is 1.94. The van der Waals surface area contributed by atoms with Gasteiger partial charge in [-0.3, -0.25) is 4.79 Å². The summed E-state index contributed by atoms with van der Waals surface area (Å²) in [5.41, 5.74) is 2.04. The van der Waals surface area contributed by atoms with Gasteiger partial charge in [0.25, 0.3) is 0 Å². The summed E-state index contributed by atoms with van der Waals surface area (Å²) in [6, 6.07) is 5.73. The molecule has 0 saturated carbocycles. The predicted octanol–water partition coefficient (Wildman–Crippen LogP) is 3.20. The predicted molar refractivity (Wildman–Crippen MR) is 59.6 cm³/mol. The summed E-state index contributed by atoms with van der Waals surface area (Å²) in [4.78, 5) is 10.8. The summed E-state index contributed by atoms with van der Waals surface area (Å²) in [6.07, 6.45) is 0.947. The van der Waals surface area contributed by atoms with E-state index in [4.69, 9.17) is 5.11 Å². The molecule has 0 amide bonds. The third kappa shape index (κ3) is 2.35. The van der Waals surface area contributed by atoms with Gasteiger partial charge in [0, 0.05) is 4.47 Å². The second-order valence-electron chi connectivity index (χ2n) is 3.26. The molecule has 1 atom stereocenters. The molecular formula is C11H13BrO2. The van der Waals surface area contributed by atoms with Crippen LogP contribution in [0.1, 0.15) is 30.9 Å². The van der Waals surface area contributed by atoms with Crippen LogP contribution in [0.25, 0.3) is 0 Å². The zero-order valence-electron chi connectivity index (χ0n) is 8.25. The first-order valence-corrected chi connectivity index (χ1v) is 5.36. The molecule has 1 rings (SSSR count). The van der Waals surface area contributed by atoms with Gasteiger partial charge >= 0.3 is 5.97 Å². The Labute approximate surface area is 92.1 Å². The van der Waals surface area contributed by atoms with E-state index in [2.05, 4.69) is 22.9 Å². The largest absolute Gasteiger partial charge is 0.481 e. The number of halogens is 1. The molecule has 1 aromatic carbocycles. The molecular weight excluding hydrogens is 244 g/mol. The fourth-order valence-electron chi connectivity index (χ4n) is 1.26. The molecule has 0 spiro atoms. The summed E-state index contributed by atoms with van der Waals surface area (Å²) in [5.74, 6) is -1.24. The molecule has 14 heavy (non-hydrogen) atoms. The smallest absolute Gasteiger partial charge is 0.310 e. The molecule has 0 radical (unpaired) electrons. The molecule has 1 unspecified atom stereocenters. The first-order chi connectivity index (χ1) is 6.56. The maximum Gasteiger partial charge on any atom is 0.310 e. The number of hydrogen-bond donors (Lipinski definition) is 1. The summed E-state index contributed by atoms with van der Waals surface area (Å²) in [7, 11) is 0. The van der Waals surface area contributed by atoms with E-state index >= 15 is 0 Å². The highest BCUT2D eigenvalue weighted by molar-refractivity contribution is 9.10. The minimum Gasteiger partial charge on any atom is -0.481 e. The lowest BCUT2D eigenvalue weighted by molar-refractivity contribution is -0.138. The SMILES string of the molecule is CCc1ccc(C(C)C(=O)O)cc1Br. The average molecular weight is 257 g/mol. The van der Waals surface area contributed by atoms with Crippen LogP contribution in [-0.2, 0) is 11.2 Å². The van der Waals surface area contributed by atoms with Crippen molar-refractivity contribution in [3.63, 3.8) is 0 Å². The van der Waals surface area contributed by atoms with Crippen molar-refractivity contribution in [2.24, 2.45) is 0 Å². The zero-order valence-corrected chi connectivity index (χ0v) is 9.84. The van der Waals surface area contributed by atoms with Crippen molar-refractivity contribution in [3.8, 4) is 0 Å². The van der Waals surface area contributed by atoms with Crippen LogP contribution in [0.4, 0.5) is 0 Å². The van der Waals surface area contributed by atoms with Crippen molar-refractivity contribution < 1.29 is 9.90 Å². The Bertz CT molecular complexity index is 347. The zero-order chi connectivity index (χ0) is 10.7. The molecule has 1 aromatic rings. The van der Waals surface area contributed by atoms with Gasteiger partial charge in [-0.05, 0) is 30.5 Å². The van der Waals surface area contributed by atoms with Crippen LogP contribution < -0.4 is 0 Å². The molecule has 0 bridgehead atoms. The maximum absolute atomic E-state index is 10.8. The lowest BCUT2D eigenvalue weighted by Crippen LogP contribution is -2.07. The number of carboxylic acid groups (broad SMARTS) is 1. The Kier molecular flexibility index (Phi) is 3.69. The summed E-state index contributed by atoms with van der Waals surface area (Å²) in [6.45, 7) is 3.76. The molecule has 0 aromatic heterocycles. The first kappa shape index (κ1) is 11.2. The van der Waals surface area contributed by atoms with Gasteiger partial charge < -0.3 is 5.11 Å². The van der Waals surface area contributed by atoms with Crippen LogP contribution in [0.5, 0.6) is 0 Å². The Morgan fingerprint density at radius 1 is 1.57 bits per heavy atom. The minimum absolute atomic E-state index is 0.447. The number of aliphatic carboxylic acids is 1. The number of aryl methyl sites for hydroxylation is 1. The standard InChI is InChI=1S/C11H13BrO2/c1-3-8-4-5-9(6-10(8)12)7(2)11(13)14/h4-7H,3H2,1-2H3,(H,13,14). The third-order valence-electron chi connectivity index (χ3n) is 2.33. The van der Waals surface area contributed by atoms with Crippen LogP contribution >= 0.6 is 15.9 Å². The highest BCUT2D eigenvalue weighted by Gasteiger charge is 2.14. The molecule has 1 N–H and O–H groups in total. The topological polar surface area (TPSA) is 37.3 Å². The number of carbonyl (C=O) groups is 1. The van der Waals surface area contributed by atoms with Gasteiger partial charge in [-0.15, -0.1) is 0 Å². The number of carboxylic acids is 1. The fraction of sp³-hybridized carbons (Fsp3) is 0.364. The van der Waals surface area contributed by atoms with Gasteiger partial charge in [0.05, 0.1) is 5.92 Å². The second-order valence-corrected chi connectivity index (χ2v) is 4.12. The summed E-state index contributed by atoms with van der Waals surface area (Å²) < 4.78 is 0.991. The van der Waals surface area contributed by atoms with E-state index in [9.17, 15) is 4.79 Å². The monoisotopic (exact) mass is 256 g/mol. The van der Waals surface area contributed by atoms with Crippen molar-refractivity contribution in [2.45, 2.75) is 26.2 Å². The average Bonchev–Trinajstić information content (AvgIpc) is 2.16. The molecule has 0 fully saturated rings. The normalized spacial score (nSPS) is 12.5. The first-order valence-electron chi connectivity index (χ1n) is 4.57. The van der Waals surface area contributed by atoms with E-state index < -0.39 is 11.9 Å². The van der Waals surface area contributed by atoms with Crippen LogP contribution in [0.15, 0.2) is 22.7 Å². The molecule has 0 aliphatic heterocycles. The second kappa shape index (κ2) is 4.60. The lowest BCUT2D eigenvalue weighted by atomic mass is 9.99. The lowest BCUT2D eigenvalue weighted by Gasteiger charge is -2.09. The Hall–Kier alpha value is -0.830. The minimum atomic E-state index is -0.791. The molecule has 2 nitrogen and oxygen atoms in total. The Morgan fingerprint density at radius 2 is 2.21 bits per heavy atom. The highest BCUT2D eigenvalue weighted by atomic mass is 79.9. The number of hydrogen-bond acceptors (Lipinski definition) is 1. The number of rotatable bonds is 3. The summed E-state index contributed by atoms with van der Waals surface area (Å²) >= 11 is 3.43. The highest BCUT2D eigenvalue weighted by Crippen LogP contribution is 2.23. The Balaban J connectivity index is 3.02. The van der Waals surface area contributed by atoms with E-state index in [0.29, 0.717) is 0 Å². The maximum atomic E-state index is 10.8. The number of benzene rings is 1. The molecule has 0 aliphatic carbocycles. The molecule has 76 valence electrons. The van der Waals surface area contributed by atoms with Crippen molar-refractivity contribution in [1.82, 2.24) is 0 Å². The van der Waals surface area contributed by atoms with Gasteiger partial charge in [-0.1, -0.05) is 35.0 Å². The van der Waals surface area contributed by atoms with E-state index in [1.54, 1.807) is 6.92 Å². The summed E-state index contributed by atoms with van der Waals surface area (Å²) in [5, 5.41) is 8.84. The van der Waals surface area contributed by atoms with Gasteiger partial charge in [-0.2, -0.15) is 0 Å². The van der Waals surface area contributed by atoms with Gasteiger partial charge in [0.1, 0.15) is 0 Å². The van der Waals surface area contributed by atoms with Crippen LogP contribution in [0.2, 0.25) is 0 Å². The van der Waals surface area contributed by atoms with E-state index in [1.807, 2.05) is 18.2 Å². The van der Waals surface area contributed by atoms with Gasteiger partial charge in [0.2, 0.25) is 0 Å². The molecule has 0 heterocycles. The van der Waals surface area contributed by atoms with Crippen molar-refractivity contribution in [2.75, 3.05) is 0 Å². The van der Waals surface area contributed by atoms with Crippen LogP contribution in [0, 0.1) is 0 Å². The van der Waals surface area contributed by atoms with Gasteiger partial charge in [0.15, 0.2) is 0 Å². The molecule has 0 saturated heterocycles. The van der Waals surface area contributed by atoms with E-state index in [1.165, 1.54) is 5.56 Å².